The van der Waals surface area contributed by atoms with Gasteiger partial charge in [-0.1, -0.05) is 38.5 Å². The Morgan fingerprint density at radius 3 is 2.64 bits per heavy atom. The molecule has 1 aliphatic heterocycles. The van der Waals surface area contributed by atoms with Gasteiger partial charge in [0.25, 0.3) is 0 Å². The smallest absolute Gasteiger partial charge is 0.318 e. The van der Waals surface area contributed by atoms with Crippen molar-refractivity contribution in [1.82, 2.24) is 15.5 Å². The first-order valence-corrected chi connectivity index (χ1v) is 8.61. The molecule has 2 rings (SSSR count). The molecular formula is C18H26N4O3. The highest BCUT2D eigenvalue weighted by Gasteiger charge is 2.36. The maximum atomic E-state index is 12.7. The maximum absolute atomic E-state index is 12.7. The van der Waals surface area contributed by atoms with E-state index < -0.39 is 6.04 Å². The summed E-state index contributed by atoms with van der Waals surface area (Å²) in [6, 6.07) is 6.66. The molecule has 0 saturated carbocycles. The van der Waals surface area contributed by atoms with Crippen LogP contribution in [-0.4, -0.2) is 41.9 Å². The number of hydrogen-bond donors (Lipinski definition) is 3. The quantitative estimate of drug-likeness (QED) is 0.709. The van der Waals surface area contributed by atoms with Gasteiger partial charge in [0.05, 0.1) is 6.54 Å². The molecule has 0 unspecified atom stereocenters. The normalized spacial score (nSPS) is 17.8. The predicted molar refractivity (Wildman–Crippen MR) is 95.9 cm³/mol. The number of fused-ring (bicyclic) bond motifs is 1. The third-order valence-corrected chi connectivity index (χ3v) is 4.44. The molecule has 1 aromatic carbocycles. The van der Waals surface area contributed by atoms with Crippen molar-refractivity contribution >= 4 is 23.5 Å². The number of para-hydroxylation sites is 1. The second-order valence-electron chi connectivity index (χ2n) is 6.32. The first-order chi connectivity index (χ1) is 11.9. The Hall–Kier alpha value is -2.57. The van der Waals surface area contributed by atoms with Crippen LogP contribution in [0, 0.1) is 5.92 Å². The van der Waals surface area contributed by atoms with E-state index in [0.29, 0.717) is 19.6 Å². The Bertz CT molecular complexity index is 647. The third kappa shape index (κ3) is 4.71. The Kier molecular flexibility index (Phi) is 6.38. The number of anilines is 1. The zero-order valence-electron chi connectivity index (χ0n) is 15.0. The van der Waals surface area contributed by atoms with Crippen molar-refractivity contribution in [2.75, 3.05) is 18.4 Å². The summed E-state index contributed by atoms with van der Waals surface area (Å²) in [4.78, 5) is 37.9. The van der Waals surface area contributed by atoms with Crippen molar-refractivity contribution in [3.8, 4) is 0 Å². The molecule has 1 heterocycles. The third-order valence-electron chi connectivity index (χ3n) is 4.44. The van der Waals surface area contributed by atoms with Gasteiger partial charge >= 0.3 is 6.03 Å². The fourth-order valence-corrected chi connectivity index (χ4v) is 2.91. The Labute approximate surface area is 148 Å². The number of nitrogens with zero attached hydrogens (tertiary/aromatic N) is 1. The number of carbonyl (C=O) groups is 3. The van der Waals surface area contributed by atoms with E-state index in [1.165, 1.54) is 6.92 Å². The van der Waals surface area contributed by atoms with Crippen LogP contribution < -0.4 is 16.0 Å². The highest BCUT2D eigenvalue weighted by Crippen LogP contribution is 2.27. The lowest BCUT2D eigenvalue weighted by atomic mass is 9.97. The average Bonchev–Trinajstić information content (AvgIpc) is 2.73. The SMILES string of the molecule is CC[C@H](C)[C@H]1C(=O)Nc2ccccc2CN1C(=O)NCCNC(C)=O. The van der Waals surface area contributed by atoms with Crippen LogP contribution in [0.2, 0.25) is 0 Å². The van der Waals surface area contributed by atoms with E-state index in [1.54, 1.807) is 4.90 Å². The first-order valence-electron chi connectivity index (χ1n) is 8.61. The topological polar surface area (TPSA) is 90.5 Å². The molecule has 0 bridgehead atoms. The number of hydrogen-bond acceptors (Lipinski definition) is 3. The molecule has 0 spiro atoms. The van der Waals surface area contributed by atoms with E-state index in [2.05, 4.69) is 16.0 Å². The van der Waals surface area contributed by atoms with E-state index in [4.69, 9.17) is 0 Å². The number of nitrogens with one attached hydrogen (secondary N) is 3. The first kappa shape index (κ1) is 18.8. The molecule has 0 saturated heterocycles. The summed E-state index contributed by atoms with van der Waals surface area (Å²) < 4.78 is 0. The number of rotatable bonds is 5. The Morgan fingerprint density at radius 2 is 1.96 bits per heavy atom. The standard InChI is InChI=1S/C18H26N4O3/c1-4-12(2)16-17(24)21-15-8-6-5-7-14(15)11-22(16)18(25)20-10-9-19-13(3)23/h5-8,12,16H,4,9-11H2,1-3H3,(H,19,23)(H,20,25)(H,21,24)/t12-,16-/m0/s1. The van der Waals surface area contributed by atoms with Crippen molar-refractivity contribution in [2.24, 2.45) is 5.92 Å². The van der Waals surface area contributed by atoms with Crippen molar-refractivity contribution in [2.45, 2.75) is 39.8 Å². The van der Waals surface area contributed by atoms with Gasteiger partial charge in [-0.3, -0.25) is 9.59 Å². The molecule has 4 amide bonds. The molecule has 7 heteroatoms. The van der Waals surface area contributed by atoms with Crippen LogP contribution in [0.4, 0.5) is 10.5 Å². The zero-order valence-corrected chi connectivity index (χ0v) is 15.0. The van der Waals surface area contributed by atoms with E-state index in [9.17, 15) is 14.4 Å². The van der Waals surface area contributed by atoms with Gasteiger partial charge in [-0.05, 0) is 17.5 Å². The highest BCUT2D eigenvalue weighted by molar-refractivity contribution is 5.98. The molecule has 2 atom stereocenters. The molecule has 3 N–H and O–H groups in total. The maximum Gasteiger partial charge on any atom is 0.318 e. The van der Waals surface area contributed by atoms with Gasteiger partial charge in [-0.15, -0.1) is 0 Å². The van der Waals surface area contributed by atoms with Gasteiger partial charge in [-0.25, -0.2) is 4.79 Å². The fraction of sp³-hybridized carbons (Fsp3) is 0.500. The molecule has 1 aromatic rings. The van der Waals surface area contributed by atoms with Crippen LogP contribution in [0.25, 0.3) is 0 Å². The molecule has 0 aromatic heterocycles. The molecule has 0 radical (unpaired) electrons. The number of amides is 4. The molecule has 0 fully saturated rings. The minimum Gasteiger partial charge on any atom is -0.355 e. The largest absolute Gasteiger partial charge is 0.355 e. The highest BCUT2D eigenvalue weighted by atomic mass is 16.2. The van der Waals surface area contributed by atoms with E-state index >= 15 is 0 Å². The lowest BCUT2D eigenvalue weighted by Crippen LogP contribution is -2.53. The number of urea groups is 1. The molecular weight excluding hydrogens is 320 g/mol. The van der Waals surface area contributed by atoms with Gasteiger partial charge in [0.15, 0.2) is 0 Å². The second kappa shape index (κ2) is 8.50. The lowest BCUT2D eigenvalue weighted by Gasteiger charge is -2.32. The van der Waals surface area contributed by atoms with E-state index in [-0.39, 0.29) is 23.8 Å². The summed E-state index contributed by atoms with van der Waals surface area (Å²) in [6.45, 7) is 6.42. The van der Waals surface area contributed by atoms with Gasteiger partial charge in [0, 0.05) is 25.7 Å². The van der Waals surface area contributed by atoms with Crippen LogP contribution in [-0.2, 0) is 16.1 Å². The second-order valence-corrected chi connectivity index (χ2v) is 6.32. The van der Waals surface area contributed by atoms with Crippen LogP contribution in [0.3, 0.4) is 0 Å². The fourth-order valence-electron chi connectivity index (χ4n) is 2.91. The van der Waals surface area contributed by atoms with Crippen molar-refractivity contribution in [3.05, 3.63) is 29.8 Å². The van der Waals surface area contributed by atoms with Gasteiger partial charge in [0.2, 0.25) is 11.8 Å². The predicted octanol–water partition coefficient (Wildman–Crippen LogP) is 1.70. The Morgan fingerprint density at radius 1 is 1.28 bits per heavy atom. The van der Waals surface area contributed by atoms with E-state index in [0.717, 1.165) is 17.7 Å². The van der Waals surface area contributed by atoms with Crippen molar-refractivity contribution in [3.63, 3.8) is 0 Å². The minimum atomic E-state index is -0.543. The van der Waals surface area contributed by atoms with Crippen LogP contribution in [0.1, 0.15) is 32.8 Å². The molecule has 0 aliphatic carbocycles. The van der Waals surface area contributed by atoms with Crippen LogP contribution in [0.5, 0.6) is 0 Å². The number of carbonyl (C=O) groups excluding carboxylic acids is 3. The summed E-state index contributed by atoms with van der Waals surface area (Å²) in [5.74, 6) is -0.290. The van der Waals surface area contributed by atoms with Crippen LogP contribution >= 0.6 is 0 Å². The van der Waals surface area contributed by atoms with Gasteiger partial charge in [0.1, 0.15) is 6.04 Å². The van der Waals surface area contributed by atoms with Crippen molar-refractivity contribution in [1.29, 1.82) is 0 Å². The Balaban J connectivity index is 2.18. The minimum absolute atomic E-state index is 0.0235. The van der Waals surface area contributed by atoms with Crippen LogP contribution in [0.15, 0.2) is 24.3 Å². The summed E-state index contributed by atoms with van der Waals surface area (Å²) >= 11 is 0. The molecule has 136 valence electrons. The summed E-state index contributed by atoms with van der Waals surface area (Å²) in [6.07, 6.45) is 0.782. The molecule has 1 aliphatic rings. The van der Waals surface area contributed by atoms with Gasteiger partial charge in [-0.2, -0.15) is 0 Å². The van der Waals surface area contributed by atoms with Crippen molar-refractivity contribution < 1.29 is 14.4 Å². The molecule has 25 heavy (non-hydrogen) atoms. The van der Waals surface area contributed by atoms with Gasteiger partial charge < -0.3 is 20.9 Å². The number of benzene rings is 1. The summed E-state index contributed by atoms with van der Waals surface area (Å²) in [5, 5.41) is 8.36. The zero-order chi connectivity index (χ0) is 18.4. The lowest BCUT2D eigenvalue weighted by molar-refractivity contribution is -0.122. The molecule has 7 nitrogen and oxygen atoms in total. The summed E-state index contributed by atoms with van der Waals surface area (Å²) in [7, 11) is 0. The monoisotopic (exact) mass is 346 g/mol. The van der Waals surface area contributed by atoms with E-state index in [1.807, 2.05) is 38.1 Å². The summed E-state index contributed by atoms with van der Waals surface area (Å²) in [5.41, 5.74) is 1.65. The average molecular weight is 346 g/mol.